The van der Waals surface area contributed by atoms with Crippen LogP contribution < -0.4 is 0 Å². The minimum Gasteiger partial charge on any atom is -0.389 e. The number of hydrogen-bond acceptors (Lipinski definition) is 4. The van der Waals surface area contributed by atoms with Crippen molar-refractivity contribution in [3.63, 3.8) is 0 Å². The Hall–Kier alpha value is -2.26. The number of likely N-dealkylation sites (N-methyl/N-ethyl adjacent to an activating group) is 1. The molecule has 0 amide bonds. The van der Waals surface area contributed by atoms with Crippen molar-refractivity contribution in [3.05, 3.63) is 71.0 Å². The number of rotatable bonds is 8. The molecule has 1 N–H and O–H groups in total. The lowest BCUT2D eigenvalue weighted by molar-refractivity contribution is 0.0126. The van der Waals surface area contributed by atoms with Gasteiger partial charge in [0.25, 0.3) is 0 Å². The van der Waals surface area contributed by atoms with Gasteiger partial charge in [-0.25, -0.2) is 4.39 Å². The highest BCUT2D eigenvalue weighted by Gasteiger charge is 2.11. The van der Waals surface area contributed by atoms with E-state index in [-0.39, 0.29) is 6.61 Å². The summed E-state index contributed by atoms with van der Waals surface area (Å²) in [4.78, 5) is 1.82. The minimum atomic E-state index is -0.653. The molecule has 126 valence electrons. The largest absolute Gasteiger partial charge is 0.389 e. The van der Waals surface area contributed by atoms with Gasteiger partial charge in [0.05, 0.1) is 31.0 Å². The fraction of sp³-hybridized carbons (Fsp3) is 0.316. The van der Waals surface area contributed by atoms with Gasteiger partial charge in [0.15, 0.2) is 0 Å². The van der Waals surface area contributed by atoms with E-state index in [1.165, 1.54) is 6.07 Å². The van der Waals surface area contributed by atoms with Crippen LogP contribution in [0.3, 0.4) is 0 Å². The standard InChI is InChI=1S/C19H21FN2O2/c1-22(11-17-8-7-16(10-21)9-19(17)20)12-18(23)14-24-13-15-5-3-2-4-6-15/h2-9,18,23H,11-14H2,1H3. The zero-order chi connectivity index (χ0) is 17.4. The van der Waals surface area contributed by atoms with Crippen molar-refractivity contribution in [1.82, 2.24) is 4.90 Å². The van der Waals surface area contributed by atoms with Crippen LogP contribution in [0.1, 0.15) is 16.7 Å². The van der Waals surface area contributed by atoms with Gasteiger partial charge in [-0.1, -0.05) is 36.4 Å². The van der Waals surface area contributed by atoms with Crippen LogP contribution in [0.5, 0.6) is 0 Å². The quantitative estimate of drug-likeness (QED) is 0.809. The third-order valence-corrected chi connectivity index (χ3v) is 3.57. The number of benzene rings is 2. The van der Waals surface area contributed by atoms with Crippen molar-refractivity contribution in [2.45, 2.75) is 19.3 Å². The molecule has 0 saturated heterocycles. The molecule has 24 heavy (non-hydrogen) atoms. The van der Waals surface area contributed by atoms with Crippen molar-refractivity contribution in [1.29, 1.82) is 5.26 Å². The van der Waals surface area contributed by atoms with Crippen LogP contribution in [0, 0.1) is 17.1 Å². The zero-order valence-electron chi connectivity index (χ0n) is 13.7. The Balaban J connectivity index is 1.75. The van der Waals surface area contributed by atoms with E-state index < -0.39 is 11.9 Å². The fourth-order valence-electron chi connectivity index (χ4n) is 2.40. The molecule has 0 aliphatic rings. The fourth-order valence-corrected chi connectivity index (χ4v) is 2.40. The lowest BCUT2D eigenvalue weighted by Crippen LogP contribution is -2.32. The van der Waals surface area contributed by atoms with Gasteiger partial charge in [0.2, 0.25) is 0 Å². The van der Waals surface area contributed by atoms with Gasteiger partial charge in [-0.05, 0) is 24.7 Å². The van der Waals surface area contributed by atoms with Gasteiger partial charge in [0, 0.05) is 18.7 Å². The van der Waals surface area contributed by atoms with Gasteiger partial charge < -0.3 is 9.84 Å². The molecule has 0 aliphatic carbocycles. The van der Waals surface area contributed by atoms with Crippen LogP contribution in [0.4, 0.5) is 4.39 Å². The van der Waals surface area contributed by atoms with E-state index in [0.29, 0.717) is 30.8 Å². The Kier molecular flexibility index (Phi) is 6.89. The highest BCUT2D eigenvalue weighted by molar-refractivity contribution is 5.32. The predicted octanol–water partition coefficient (Wildman–Crippen LogP) is 2.71. The summed E-state index contributed by atoms with van der Waals surface area (Å²) in [6.07, 6.45) is -0.653. The molecule has 0 radical (unpaired) electrons. The summed E-state index contributed by atoms with van der Waals surface area (Å²) in [5, 5.41) is 18.8. The normalized spacial score (nSPS) is 12.1. The third-order valence-electron chi connectivity index (χ3n) is 3.57. The van der Waals surface area contributed by atoms with Gasteiger partial charge in [-0.2, -0.15) is 5.26 Å². The maximum absolute atomic E-state index is 13.9. The molecule has 4 nitrogen and oxygen atoms in total. The van der Waals surface area contributed by atoms with Crippen LogP contribution in [0.15, 0.2) is 48.5 Å². The van der Waals surface area contributed by atoms with E-state index in [0.717, 1.165) is 5.56 Å². The van der Waals surface area contributed by atoms with Crippen LogP contribution in [0.25, 0.3) is 0 Å². The molecule has 0 bridgehead atoms. The van der Waals surface area contributed by atoms with Crippen LogP contribution in [0.2, 0.25) is 0 Å². The molecule has 0 fully saturated rings. The van der Waals surface area contributed by atoms with Crippen molar-refractivity contribution in [3.8, 4) is 6.07 Å². The second kappa shape index (κ2) is 9.14. The second-order valence-corrected chi connectivity index (χ2v) is 5.77. The highest BCUT2D eigenvalue weighted by atomic mass is 19.1. The van der Waals surface area contributed by atoms with Crippen molar-refractivity contribution in [2.24, 2.45) is 0 Å². The summed E-state index contributed by atoms with van der Waals surface area (Å²) in [5.74, 6) is -0.407. The maximum atomic E-state index is 13.9. The maximum Gasteiger partial charge on any atom is 0.129 e. The Bertz CT molecular complexity index is 686. The highest BCUT2D eigenvalue weighted by Crippen LogP contribution is 2.12. The Morgan fingerprint density at radius 2 is 2.00 bits per heavy atom. The van der Waals surface area contributed by atoms with E-state index in [1.807, 2.05) is 41.3 Å². The van der Waals surface area contributed by atoms with Crippen molar-refractivity contribution in [2.75, 3.05) is 20.2 Å². The number of ether oxygens (including phenoxy) is 1. The van der Waals surface area contributed by atoms with Gasteiger partial charge in [-0.15, -0.1) is 0 Å². The smallest absolute Gasteiger partial charge is 0.129 e. The van der Waals surface area contributed by atoms with E-state index in [9.17, 15) is 9.50 Å². The number of aliphatic hydroxyl groups is 1. The molecule has 2 aromatic rings. The summed E-state index contributed by atoms with van der Waals surface area (Å²) >= 11 is 0. The zero-order valence-corrected chi connectivity index (χ0v) is 13.7. The topological polar surface area (TPSA) is 56.5 Å². The Labute approximate surface area is 141 Å². The third kappa shape index (κ3) is 5.74. The molecule has 1 atom stereocenters. The van der Waals surface area contributed by atoms with E-state index in [4.69, 9.17) is 10.00 Å². The molecule has 2 aromatic carbocycles. The Morgan fingerprint density at radius 1 is 1.25 bits per heavy atom. The minimum absolute atomic E-state index is 0.217. The van der Waals surface area contributed by atoms with Gasteiger partial charge in [-0.3, -0.25) is 4.90 Å². The average molecular weight is 328 g/mol. The molecule has 5 heteroatoms. The van der Waals surface area contributed by atoms with Gasteiger partial charge >= 0.3 is 0 Å². The summed E-state index contributed by atoms with van der Waals surface area (Å²) < 4.78 is 19.4. The van der Waals surface area contributed by atoms with Crippen LogP contribution >= 0.6 is 0 Å². The first kappa shape index (κ1) is 18.1. The predicted molar refractivity (Wildman–Crippen MR) is 89.6 cm³/mol. The molecule has 0 aromatic heterocycles. The SMILES string of the molecule is CN(Cc1ccc(C#N)cc1F)CC(O)COCc1ccccc1. The molecule has 0 saturated carbocycles. The van der Waals surface area contributed by atoms with E-state index >= 15 is 0 Å². The lowest BCUT2D eigenvalue weighted by atomic mass is 10.1. The first-order chi connectivity index (χ1) is 11.6. The molecular formula is C19H21FN2O2. The molecule has 2 rings (SSSR count). The number of nitrogens with zero attached hydrogens (tertiary/aromatic N) is 2. The van der Waals surface area contributed by atoms with E-state index in [2.05, 4.69) is 0 Å². The second-order valence-electron chi connectivity index (χ2n) is 5.77. The average Bonchev–Trinajstić information content (AvgIpc) is 2.57. The van der Waals surface area contributed by atoms with Gasteiger partial charge in [0.1, 0.15) is 5.82 Å². The molecule has 0 heterocycles. The number of aliphatic hydroxyl groups excluding tert-OH is 1. The van der Waals surface area contributed by atoms with Crippen LogP contribution in [-0.4, -0.2) is 36.3 Å². The number of hydrogen-bond donors (Lipinski definition) is 1. The summed E-state index contributed by atoms with van der Waals surface area (Å²) in [6.45, 7) is 1.39. The first-order valence-electron chi connectivity index (χ1n) is 7.75. The monoisotopic (exact) mass is 328 g/mol. The molecule has 0 spiro atoms. The van der Waals surface area contributed by atoms with Crippen LogP contribution in [-0.2, 0) is 17.9 Å². The van der Waals surface area contributed by atoms with Crippen molar-refractivity contribution < 1.29 is 14.2 Å². The summed E-state index contributed by atoms with van der Waals surface area (Å²) in [7, 11) is 1.80. The summed E-state index contributed by atoms with van der Waals surface area (Å²) in [6, 6.07) is 16.1. The lowest BCUT2D eigenvalue weighted by Gasteiger charge is -2.21. The molecular weight excluding hydrogens is 307 g/mol. The molecule has 1 unspecified atom stereocenters. The number of nitriles is 1. The summed E-state index contributed by atoms with van der Waals surface area (Å²) in [5.41, 5.74) is 1.85. The van der Waals surface area contributed by atoms with E-state index in [1.54, 1.807) is 19.2 Å². The Morgan fingerprint density at radius 3 is 2.67 bits per heavy atom. The molecule has 0 aliphatic heterocycles. The van der Waals surface area contributed by atoms with Crippen molar-refractivity contribution >= 4 is 0 Å². The number of halogens is 1. The first-order valence-corrected chi connectivity index (χ1v) is 7.75.